The Kier molecular flexibility index (Phi) is 4.25. The first-order chi connectivity index (χ1) is 7.66. The van der Waals surface area contributed by atoms with Crippen molar-refractivity contribution in [2.45, 2.75) is 6.42 Å². The van der Waals surface area contributed by atoms with Gasteiger partial charge in [-0.05, 0) is 24.3 Å². The van der Waals surface area contributed by atoms with Gasteiger partial charge in [0.05, 0.1) is 15.7 Å². The van der Waals surface area contributed by atoms with Crippen LogP contribution in [-0.4, -0.2) is 17.2 Å². The lowest BCUT2D eigenvalue weighted by Gasteiger charge is -2.07. The standard InChI is InChI=1S/C10H9Cl3N2S/c11-6-3-8(12)10(9(13)4-6)15-14-7-1-2-16-5-7/h3-4,15H,1-2,5H2/b14-7+. The Hall–Kier alpha value is -0.0900. The third-order valence-electron chi connectivity index (χ3n) is 2.14. The predicted octanol–water partition coefficient (Wildman–Crippen LogP) is 4.55. The summed E-state index contributed by atoms with van der Waals surface area (Å²) in [4.78, 5) is 0. The third kappa shape index (κ3) is 2.98. The van der Waals surface area contributed by atoms with Gasteiger partial charge in [0.1, 0.15) is 0 Å². The molecule has 0 aromatic heterocycles. The van der Waals surface area contributed by atoms with E-state index in [9.17, 15) is 0 Å². The van der Waals surface area contributed by atoms with Crippen LogP contribution in [-0.2, 0) is 0 Å². The van der Waals surface area contributed by atoms with Crippen molar-refractivity contribution in [1.29, 1.82) is 0 Å². The van der Waals surface area contributed by atoms with E-state index in [0.717, 1.165) is 23.6 Å². The molecule has 1 aromatic carbocycles. The van der Waals surface area contributed by atoms with Crippen molar-refractivity contribution in [3.63, 3.8) is 0 Å². The second-order valence-electron chi connectivity index (χ2n) is 3.34. The highest BCUT2D eigenvalue weighted by Crippen LogP contribution is 2.33. The first-order valence-corrected chi connectivity index (χ1v) is 6.99. The maximum Gasteiger partial charge on any atom is 0.0935 e. The minimum Gasteiger partial charge on any atom is -0.275 e. The van der Waals surface area contributed by atoms with Crippen molar-refractivity contribution in [3.05, 3.63) is 27.2 Å². The molecule has 1 aliphatic heterocycles. The Balaban J connectivity index is 2.17. The van der Waals surface area contributed by atoms with Gasteiger partial charge in [0.25, 0.3) is 0 Å². The molecule has 0 aliphatic carbocycles. The van der Waals surface area contributed by atoms with Gasteiger partial charge in [0.2, 0.25) is 0 Å². The molecule has 6 heteroatoms. The second kappa shape index (κ2) is 5.50. The fourth-order valence-electron chi connectivity index (χ4n) is 1.32. The molecule has 1 aromatic rings. The highest BCUT2D eigenvalue weighted by Gasteiger charge is 2.10. The number of nitrogens with zero attached hydrogens (tertiary/aromatic N) is 1. The van der Waals surface area contributed by atoms with Crippen LogP contribution < -0.4 is 5.43 Å². The summed E-state index contributed by atoms with van der Waals surface area (Å²) in [5.74, 6) is 2.10. The number of benzene rings is 1. The molecular formula is C10H9Cl3N2S. The molecular weight excluding hydrogens is 287 g/mol. The Labute approximate surface area is 113 Å². The molecule has 1 fully saturated rings. The van der Waals surface area contributed by atoms with E-state index >= 15 is 0 Å². The van der Waals surface area contributed by atoms with Crippen molar-refractivity contribution in [2.24, 2.45) is 5.10 Å². The molecule has 0 spiro atoms. The van der Waals surface area contributed by atoms with Gasteiger partial charge in [-0.25, -0.2) is 0 Å². The SMILES string of the molecule is Clc1cc(Cl)c(N/N=C2\CCSC2)c(Cl)c1. The van der Waals surface area contributed by atoms with Crippen molar-refractivity contribution < 1.29 is 0 Å². The van der Waals surface area contributed by atoms with Gasteiger partial charge in [-0.1, -0.05) is 34.8 Å². The Morgan fingerprint density at radius 1 is 1.19 bits per heavy atom. The summed E-state index contributed by atoms with van der Waals surface area (Å²) >= 11 is 19.7. The van der Waals surface area contributed by atoms with Crippen molar-refractivity contribution >= 4 is 58.0 Å². The van der Waals surface area contributed by atoms with E-state index in [0.29, 0.717) is 20.8 Å². The largest absolute Gasteiger partial charge is 0.275 e. The fraction of sp³-hybridized carbons (Fsp3) is 0.300. The van der Waals surface area contributed by atoms with Crippen LogP contribution in [0.15, 0.2) is 17.2 Å². The number of hydrogen-bond acceptors (Lipinski definition) is 3. The molecule has 0 bridgehead atoms. The average molecular weight is 296 g/mol. The first kappa shape index (κ1) is 12.4. The number of hydrogen-bond donors (Lipinski definition) is 1. The summed E-state index contributed by atoms with van der Waals surface area (Å²) < 4.78 is 0. The molecule has 1 N–H and O–H groups in total. The second-order valence-corrected chi connectivity index (χ2v) is 5.69. The van der Waals surface area contributed by atoms with Crippen LogP contribution >= 0.6 is 46.6 Å². The zero-order valence-corrected chi connectivity index (χ0v) is 11.3. The average Bonchev–Trinajstić information content (AvgIpc) is 2.68. The van der Waals surface area contributed by atoms with Crippen molar-refractivity contribution in [2.75, 3.05) is 16.9 Å². The number of rotatable bonds is 2. The van der Waals surface area contributed by atoms with Gasteiger partial charge >= 0.3 is 0 Å². The topological polar surface area (TPSA) is 24.4 Å². The molecule has 2 rings (SSSR count). The van der Waals surface area contributed by atoms with Crippen molar-refractivity contribution in [1.82, 2.24) is 0 Å². The molecule has 1 saturated heterocycles. The quantitative estimate of drug-likeness (QED) is 0.809. The van der Waals surface area contributed by atoms with E-state index in [1.54, 1.807) is 12.1 Å². The molecule has 2 nitrogen and oxygen atoms in total. The van der Waals surface area contributed by atoms with Crippen LogP contribution in [0.5, 0.6) is 0 Å². The smallest absolute Gasteiger partial charge is 0.0935 e. The van der Waals surface area contributed by atoms with Gasteiger partial charge in [0.15, 0.2) is 0 Å². The van der Waals surface area contributed by atoms with E-state index in [1.165, 1.54) is 0 Å². The summed E-state index contributed by atoms with van der Waals surface area (Å²) in [6.07, 6.45) is 1.01. The molecule has 1 aliphatic rings. The fourth-order valence-corrected chi connectivity index (χ4v) is 3.19. The van der Waals surface area contributed by atoms with Crippen LogP contribution in [0.4, 0.5) is 5.69 Å². The van der Waals surface area contributed by atoms with Gasteiger partial charge in [-0.15, -0.1) is 0 Å². The van der Waals surface area contributed by atoms with Crippen LogP contribution in [0.1, 0.15) is 6.42 Å². The van der Waals surface area contributed by atoms with Crippen LogP contribution in [0.2, 0.25) is 15.1 Å². The maximum atomic E-state index is 6.01. The zero-order chi connectivity index (χ0) is 11.5. The lowest BCUT2D eigenvalue weighted by Crippen LogP contribution is -2.00. The van der Waals surface area contributed by atoms with Gasteiger partial charge < -0.3 is 0 Å². The van der Waals surface area contributed by atoms with Gasteiger partial charge in [-0.3, -0.25) is 5.43 Å². The molecule has 16 heavy (non-hydrogen) atoms. The predicted molar refractivity (Wildman–Crippen MR) is 74.5 cm³/mol. The molecule has 0 radical (unpaired) electrons. The minimum atomic E-state index is 0.479. The number of hydrazone groups is 1. The number of halogens is 3. The third-order valence-corrected chi connectivity index (χ3v) is 3.98. The lowest BCUT2D eigenvalue weighted by atomic mass is 10.3. The van der Waals surface area contributed by atoms with Crippen LogP contribution in [0, 0.1) is 0 Å². The summed E-state index contributed by atoms with van der Waals surface area (Å²) in [6.45, 7) is 0. The molecule has 86 valence electrons. The van der Waals surface area contributed by atoms with Crippen LogP contribution in [0.25, 0.3) is 0 Å². The van der Waals surface area contributed by atoms with Crippen LogP contribution in [0.3, 0.4) is 0 Å². The maximum absolute atomic E-state index is 6.01. The molecule has 0 atom stereocenters. The minimum absolute atomic E-state index is 0.479. The number of thioether (sulfide) groups is 1. The summed E-state index contributed by atoms with van der Waals surface area (Å²) in [5.41, 5.74) is 4.64. The lowest BCUT2D eigenvalue weighted by molar-refractivity contribution is 1.25. The highest BCUT2D eigenvalue weighted by atomic mass is 35.5. The Bertz CT molecular complexity index is 403. The molecule has 0 amide bonds. The monoisotopic (exact) mass is 294 g/mol. The zero-order valence-electron chi connectivity index (χ0n) is 8.27. The van der Waals surface area contributed by atoms with E-state index in [1.807, 2.05) is 11.8 Å². The van der Waals surface area contributed by atoms with Gasteiger partial charge in [-0.2, -0.15) is 16.9 Å². The van der Waals surface area contributed by atoms with E-state index in [2.05, 4.69) is 10.5 Å². The van der Waals surface area contributed by atoms with E-state index in [4.69, 9.17) is 34.8 Å². The highest BCUT2D eigenvalue weighted by molar-refractivity contribution is 8.00. The summed E-state index contributed by atoms with van der Waals surface area (Å²) in [5, 5.41) is 5.76. The number of anilines is 1. The summed E-state index contributed by atoms with van der Waals surface area (Å²) in [7, 11) is 0. The molecule has 0 saturated carbocycles. The molecule has 1 heterocycles. The summed E-state index contributed by atoms with van der Waals surface area (Å²) in [6, 6.07) is 3.28. The Morgan fingerprint density at radius 3 is 2.44 bits per heavy atom. The number of nitrogens with one attached hydrogen (secondary N) is 1. The molecule has 0 unspecified atom stereocenters. The van der Waals surface area contributed by atoms with Gasteiger partial charge in [0, 0.05) is 16.5 Å². The Morgan fingerprint density at radius 2 is 1.88 bits per heavy atom. The first-order valence-electron chi connectivity index (χ1n) is 4.70. The van der Waals surface area contributed by atoms with E-state index in [-0.39, 0.29) is 0 Å². The van der Waals surface area contributed by atoms with Crippen molar-refractivity contribution in [3.8, 4) is 0 Å². The normalized spacial score (nSPS) is 18.1. The van der Waals surface area contributed by atoms with E-state index < -0.39 is 0 Å².